The Morgan fingerprint density at radius 1 is 1.31 bits per heavy atom. The average molecular weight is 392 g/mol. The molecule has 7 nitrogen and oxygen atoms in total. The zero-order valence-electron chi connectivity index (χ0n) is 16.0. The molecule has 0 amide bonds. The Hall–Kier alpha value is -3.68. The number of nitrogen functional groups attached to an aromatic ring is 1. The lowest BCUT2D eigenvalue weighted by molar-refractivity contribution is 0.306. The molecule has 0 spiro atoms. The highest BCUT2D eigenvalue weighted by molar-refractivity contribution is 6.12. The van der Waals surface area contributed by atoms with Gasteiger partial charge in [0.15, 0.2) is 11.6 Å². The Balaban J connectivity index is 1.94. The molecule has 0 unspecified atom stereocenters. The monoisotopic (exact) mass is 392 g/mol. The molecule has 1 aromatic carbocycles. The standard InChI is InChI=1S/C21H21FN6O/c1-2-25-20-13-8-19(21(24)26-10-13)29-12-14-7-16(22)3-4-17(14)18-5-6-27-28(18)11-15(20)9-23/h3-10H,2,11-12,23H2,1H3,(H2,24,26). The molecule has 1 aliphatic rings. The molecular formula is C21H21FN6O. The minimum atomic E-state index is -0.342. The van der Waals surface area contributed by atoms with Crippen molar-refractivity contribution in [3.05, 3.63) is 71.4 Å². The number of hydrogen-bond acceptors (Lipinski definition) is 6. The van der Waals surface area contributed by atoms with Crippen LogP contribution in [0.1, 0.15) is 18.1 Å². The summed E-state index contributed by atoms with van der Waals surface area (Å²) in [4.78, 5) is 8.87. The Kier molecular flexibility index (Phi) is 4.99. The van der Waals surface area contributed by atoms with Crippen molar-refractivity contribution < 1.29 is 9.13 Å². The van der Waals surface area contributed by atoms with Gasteiger partial charge in [0, 0.05) is 47.4 Å². The van der Waals surface area contributed by atoms with Gasteiger partial charge in [-0.05, 0) is 37.3 Å². The number of ether oxygens (including phenoxy) is 1. The van der Waals surface area contributed by atoms with Gasteiger partial charge in [0.25, 0.3) is 0 Å². The van der Waals surface area contributed by atoms with E-state index in [-0.39, 0.29) is 18.2 Å². The molecule has 0 fully saturated rings. The molecule has 4 rings (SSSR count). The van der Waals surface area contributed by atoms with E-state index in [1.165, 1.54) is 18.3 Å². The predicted molar refractivity (Wildman–Crippen MR) is 110 cm³/mol. The molecule has 4 N–H and O–H groups in total. The molecule has 3 heterocycles. The number of nitrogens with zero attached hydrogens (tertiary/aromatic N) is 4. The van der Waals surface area contributed by atoms with Crippen LogP contribution in [-0.2, 0) is 13.2 Å². The first kappa shape index (κ1) is 18.7. The van der Waals surface area contributed by atoms with Crippen molar-refractivity contribution in [2.45, 2.75) is 20.1 Å². The molecule has 0 radical (unpaired) electrons. The third-order valence-corrected chi connectivity index (χ3v) is 4.74. The van der Waals surface area contributed by atoms with E-state index >= 15 is 0 Å². The van der Waals surface area contributed by atoms with Crippen LogP contribution < -0.4 is 16.2 Å². The summed E-state index contributed by atoms with van der Waals surface area (Å²) in [5, 5.41) is 4.44. The van der Waals surface area contributed by atoms with Gasteiger partial charge in [-0.2, -0.15) is 5.10 Å². The first-order chi connectivity index (χ1) is 14.1. The molecule has 8 heteroatoms. The summed E-state index contributed by atoms with van der Waals surface area (Å²) in [5.74, 6) is 0.320. The topological polar surface area (TPSA) is 104 Å². The maximum absolute atomic E-state index is 13.9. The molecule has 3 aromatic rings. The van der Waals surface area contributed by atoms with Crippen LogP contribution in [0.2, 0.25) is 0 Å². The molecule has 0 saturated heterocycles. The van der Waals surface area contributed by atoms with Crippen molar-refractivity contribution in [3.8, 4) is 17.0 Å². The van der Waals surface area contributed by atoms with Gasteiger partial charge in [0.05, 0.1) is 18.0 Å². The highest BCUT2D eigenvalue weighted by atomic mass is 19.1. The number of hydrogen-bond donors (Lipinski definition) is 2. The first-order valence-corrected chi connectivity index (χ1v) is 9.25. The number of fused-ring (bicyclic) bond motifs is 5. The van der Waals surface area contributed by atoms with Gasteiger partial charge in [-0.15, -0.1) is 0 Å². The average Bonchev–Trinajstić information content (AvgIpc) is 3.17. The van der Waals surface area contributed by atoms with Crippen molar-refractivity contribution in [3.63, 3.8) is 0 Å². The molecule has 2 aromatic heterocycles. The van der Waals surface area contributed by atoms with Crippen LogP contribution in [0.5, 0.6) is 5.75 Å². The van der Waals surface area contributed by atoms with Crippen molar-refractivity contribution in [2.75, 3.05) is 12.3 Å². The van der Waals surface area contributed by atoms with Gasteiger partial charge in [0.2, 0.25) is 0 Å². The summed E-state index contributed by atoms with van der Waals surface area (Å²) in [6.07, 6.45) is 4.87. The fourth-order valence-electron chi connectivity index (χ4n) is 3.38. The largest absolute Gasteiger partial charge is 0.485 e. The molecular weight excluding hydrogens is 371 g/mol. The first-order valence-electron chi connectivity index (χ1n) is 9.25. The Morgan fingerprint density at radius 2 is 2.17 bits per heavy atom. The molecule has 2 bridgehead atoms. The molecule has 1 aliphatic heterocycles. The number of anilines is 1. The van der Waals surface area contributed by atoms with E-state index in [2.05, 4.69) is 15.1 Å². The van der Waals surface area contributed by atoms with E-state index in [9.17, 15) is 4.39 Å². The van der Waals surface area contributed by atoms with E-state index in [1.54, 1.807) is 24.5 Å². The number of allylic oxidation sites excluding steroid dienone is 1. The number of benzene rings is 1. The number of aromatic nitrogens is 3. The molecule has 0 atom stereocenters. The minimum Gasteiger partial charge on any atom is -0.485 e. The van der Waals surface area contributed by atoms with E-state index in [1.807, 2.05) is 17.7 Å². The van der Waals surface area contributed by atoms with Gasteiger partial charge in [-0.25, -0.2) is 9.37 Å². The second kappa shape index (κ2) is 7.75. The SMILES string of the molecule is CCN=C1C(=CN)Cn2nccc2-c2ccc(F)cc2COc2cc1cnc2N. The fourth-order valence-corrected chi connectivity index (χ4v) is 3.38. The van der Waals surface area contributed by atoms with Crippen LogP contribution >= 0.6 is 0 Å². The second-order valence-electron chi connectivity index (χ2n) is 6.59. The van der Waals surface area contributed by atoms with Crippen LogP contribution in [-0.4, -0.2) is 27.0 Å². The van der Waals surface area contributed by atoms with E-state index in [4.69, 9.17) is 16.2 Å². The number of nitrogens with two attached hydrogens (primary N) is 2. The van der Waals surface area contributed by atoms with Crippen molar-refractivity contribution in [1.82, 2.24) is 14.8 Å². The Bertz CT molecular complexity index is 1120. The fraction of sp³-hybridized carbons (Fsp3) is 0.190. The summed E-state index contributed by atoms with van der Waals surface area (Å²) in [6, 6.07) is 8.25. The lowest BCUT2D eigenvalue weighted by atomic mass is 10.0. The summed E-state index contributed by atoms with van der Waals surface area (Å²) in [6.45, 7) is 3.05. The van der Waals surface area contributed by atoms with E-state index in [0.717, 1.165) is 22.4 Å². The third-order valence-electron chi connectivity index (χ3n) is 4.74. The van der Waals surface area contributed by atoms with Gasteiger partial charge >= 0.3 is 0 Å². The summed E-state index contributed by atoms with van der Waals surface area (Å²) in [7, 11) is 0. The van der Waals surface area contributed by atoms with Crippen molar-refractivity contribution in [1.29, 1.82) is 0 Å². The zero-order valence-corrected chi connectivity index (χ0v) is 16.0. The van der Waals surface area contributed by atoms with Crippen molar-refractivity contribution in [2.24, 2.45) is 10.7 Å². The molecule has 0 aliphatic carbocycles. The lowest BCUT2D eigenvalue weighted by Gasteiger charge is -2.18. The summed E-state index contributed by atoms with van der Waals surface area (Å²) < 4.78 is 21.7. The molecule has 0 saturated carbocycles. The normalized spacial score (nSPS) is 16.5. The zero-order chi connectivity index (χ0) is 20.4. The third kappa shape index (κ3) is 3.56. The van der Waals surface area contributed by atoms with Gasteiger partial charge in [-0.3, -0.25) is 9.67 Å². The second-order valence-corrected chi connectivity index (χ2v) is 6.59. The van der Waals surface area contributed by atoms with Gasteiger partial charge in [-0.1, -0.05) is 0 Å². The molecule has 29 heavy (non-hydrogen) atoms. The highest BCUT2D eigenvalue weighted by Gasteiger charge is 2.19. The highest BCUT2D eigenvalue weighted by Crippen LogP contribution is 2.30. The number of pyridine rings is 1. The maximum atomic E-state index is 13.9. The quantitative estimate of drug-likeness (QED) is 0.663. The maximum Gasteiger partial charge on any atom is 0.166 e. The van der Waals surface area contributed by atoms with E-state index in [0.29, 0.717) is 30.1 Å². The van der Waals surface area contributed by atoms with Gasteiger partial charge < -0.3 is 16.2 Å². The number of rotatable bonds is 1. The van der Waals surface area contributed by atoms with Crippen LogP contribution in [0.3, 0.4) is 0 Å². The predicted octanol–water partition coefficient (Wildman–Crippen LogP) is 2.91. The smallest absolute Gasteiger partial charge is 0.166 e. The van der Waals surface area contributed by atoms with Crippen molar-refractivity contribution >= 4 is 11.5 Å². The molecule has 148 valence electrons. The van der Waals surface area contributed by atoms with Crippen LogP contribution in [0.4, 0.5) is 10.2 Å². The Morgan fingerprint density at radius 3 is 2.97 bits per heavy atom. The summed E-state index contributed by atoms with van der Waals surface area (Å²) in [5.41, 5.74) is 16.5. The van der Waals surface area contributed by atoms with Crippen LogP contribution in [0, 0.1) is 5.82 Å². The van der Waals surface area contributed by atoms with E-state index < -0.39 is 0 Å². The van der Waals surface area contributed by atoms with Gasteiger partial charge in [0.1, 0.15) is 12.4 Å². The number of aliphatic imine (C=N–C) groups is 1. The van der Waals surface area contributed by atoms with Crippen LogP contribution in [0.25, 0.3) is 11.3 Å². The summed E-state index contributed by atoms with van der Waals surface area (Å²) >= 11 is 0. The lowest BCUT2D eigenvalue weighted by Crippen LogP contribution is -2.17. The Labute approximate surface area is 167 Å². The van der Waals surface area contributed by atoms with Crippen LogP contribution in [0.15, 0.2) is 59.5 Å². The minimum absolute atomic E-state index is 0.132. The number of halogens is 1.